The van der Waals surface area contributed by atoms with Crippen LogP contribution in [0, 0.1) is 0 Å². The molecular weight excluding hydrogens is 354 g/mol. The molecule has 0 spiro atoms. The minimum atomic E-state index is -0.240. The number of pyridine rings is 1. The van der Waals surface area contributed by atoms with Gasteiger partial charge in [0.1, 0.15) is 18.1 Å². The van der Waals surface area contributed by atoms with Crippen molar-refractivity contribution in [3.05, 3.63) is 47.7 Å². The van der Waals surface area contributed by atoms with Crippen LogP contribution in [0.15, 0.2) is 46.5 Å². The molecule has 2 unspecified atom stereocenters. The Morgan fingerprint density at radius 2 is 2.14 bits per heavy atom. The third-order valence-corrected chi connectivity index (χ3v) is 5.73. The Kier molecular flexibility index (Phi) is 3.25. The molecule has 2 atom stereocenters. The molecule has 8 nitrogen and oxygen atoms in total. The van der Waals surface area contributed by atoms with E-state index in [-0.39, 0.29) is 18.3 Å². The number of aliphatic imine (C=N–C) groups is 2. The average Bonchev–Trinajstić information content (AvgIpc) is 3.32. The van der Waals surface area contributed by atoms with E-state index in [1.807, 2.05) is 31.3 Å². The van der Waals surface area contributed by atoms with Gasteiger partial charge in [-0.2, -0.15) is 0 Å². The Bertz CT molecular complexity index is 1120. The summed E-state index contributed by atoms with van der Waals surface area (Å²) in [5.41, 5.74) is 5.24. The lowest BCUT2D eigenvalue weighted by molar-refractivity contribution is -0.651. The Labute approximate surface area is 161 Å². The predicted octanol–water partition coefficient (Wildman–Crippen LogP) is 0.0104. The van der Waals surface area contributed by atoms with Gasteiger partial charge in [0.25, 0.3) is 0 Å². The van der Waals surface area contributed by atoms with Crippen LogP contribution in [0.25, 0.3) is 16.6 Å². The van der Waals surface area contributed by atoms with Crippen LogP contribution in [0.4, 0.5) is 5.69 Å². The molecule has 28 heavy (non-hydrogen) atoms. The van der Waals surface area contributed by atoms with Gasteiger partial charge in [-0.25, -0.2) is 4.90 Å². The summed E-state index contributed by atoms with van der Waals surface area (Å²) in [5.74, 6) is -0.240. The zero-order valence-electron chi connectivity index (χ0n) is 15.3. The molecule has 1 aromatic carbocycles. The average molecular weight is 373 g/mol. The molecule has 8 heteroatoms. The molecule has 0 aliphatic carbocycles. The van der Waals surface area contributed by atoms with E-state index < -0.39 is 0 Å². The van der Waals surface area contributed by atoms with Crippen molar-refractivity contribution in [1.82, 2.24) is 20.1 Å². The maximum atomic E-state index is 12.0. The van der Waals surface area contributed by atoms with Crippen molar-refractivity contribution >= 4 is 34.2 Å². The van der Waals surface area contributed by atoms with Gasteiger partial charge in [0.05, 0.1) is 24.5 Å². The number of allylic oxidation sites excluding steroid dienone is 1. The SMILES string of the molecule is CC1=Nc2c([O-])nc3ccc(C4=C[NH2+]C(N5CN(C6C=CC=N6)C5)N4)cc3c21. The number of rotatable bonds is 3. The second-order valence-corrected chi connectivity index (χ2v) is 7.49. The summed E-state index contributed by atoms with van der Waals surface area (Å²) in [6.45, 7) is 3.71. The lowest BCUT2D eigenvalue weighted by atomic mass is 9.97. The summed E-state index contributed by atoms with van der Waals surface area (Å²) in [6, 6.07) is 6.04. The van der Waals surface area contributed by atoms with Crippen molar-refractivity contribution in [3.8, 4) is 5.88 Å². The van der Waals surface area contributed by atoms with Gasteiger partial charge in [0.2, 0.25) is 6.29 Å². The van der Waals surface area contributed by atoms with Crippen LogP contribution in [0.3, 0.4) is 0 Å². The zero-order chi connectivity index (χ0) is 18.8. The third-order valence-electron chi connectivity index (χ3n) is 5.73. The predicted molar refractivity (Wildman–Crippen MR) is 105 cm³/mol. The van der Waals surface area contributed by atoms with E-state index in [2.05, 4.69) is 53.7 Å². The van der Waals surface area contributed by atoms with Crippen LogP contribution in [0.2, 0.25) is 0 Å². The summed E-state index contributed by atoms with van der Waals surface area (Å²) in [6.07, 6.45) is 8.47. The number of nitrogens with two attached hydrogens (primary N) is 1. The Balaban J connectivity index is 1.20. The number of aromatic nitrogens is 1. The van der Waals surface area contributed by atoms with Gasteiger partial charge in [0.15, 0.2) is 0 Å². The highest BCUT2D eigenvalue weighted by atomic mass is 16.3. The van der Waals surface area contributed by atoms with Crippen molar-refractivity contribution in [2.45, 2.75) is 19.4 Å². The lowest BCUT2D eigenvalue weighted by Gasteiger charge is -2.45. The molecule has 3 N–H and O–H groups in total. The van der Waals surface area contributed by atoms with Crippen molar-refractivity contribution in [2.75, 3.05) is 13.3 Å². The van der Waals surface area contributed by atoms with E-state index in [0.29, 0.717) is 5.69 Å². The molecule has 6 rings (SSSR count). The number of hydrogen-bond acceptors (Lipinski definition) is 7. The quantitative estimate of drug-likeness (QED) is 0.790. The Hall–Kier alpha value is -3.07. The number of quaternary nitrogens is 1. The highest BCUT2D eigenvalue weighted by molar-refractivity contribution is 6.20. The fourth-order valence-electron chi connectivity index (χ4n) is 4.20. The van der Waals surface area contributed by atoms with E-state index in [1.165, 1.54) is 0 Å². The van der Waals surface area contributed by atoms with E-state index in [9.17, 15) is 5.11 Å². The third kappa shape index (κ3) is 2.26. The normalized spacial score (nSPS) is 25.9. The maximum absolute atomic E-state index is 12.0. The van der Waals surface area contributed by atoms with Gasteiger partial charge in [0, 0.05) is 34.3 Å². The van der Waals surface area contributed by atoms with Crippen molar-refractivity contribution in [3.63, 3.8) is 0 Å². The van der Waals surface area contributed by atoms with Crippen LogP contribution in [0.5, 0.6) is 5.88 Å². The molecule has 1 fully saturated rings. The fraction of sp³-hybridized carbons (Fsp3) is 0.250. The zero-order valence-corrected chi connectivity index (χ0v) is 15.3. The van der Waals surface area contributed by atoms with Crippen molar-refractivity contribution in [2.24, 2.45) is 9.98 Å². The fourth-order valence-corrected chi connectivity index (χ4v) is 4.20. The molecule has 4 aliphatic rings. The first kappa shape index (κ1) is 15.9. The number of fused-ring (bicyclic) bond motifs is 3. The first-order valence-electron chi connectivity index (χ1n) is 9.38. The molecule has 0 amide bonds. The largest absolute Gasteiger partial charge is 0.857 e. The maximum Gasteiger partial charge on any atom is 0.226 e. The summed E-state index contributed by atoms with van der Waals surface area (Å²) in [5, 5.41) is 18.8. The van der Waals surface area contributed by atoms with Crippen LogP contribution in [0.1, 0.15) is 18.1 Å². The molecule has 140 valence electrons. The topological polar surface area (TPSA) is 95.8 Å². The summed E-state index contributed by atoms with van der Waals surface area (Å²) < 4.78 is 0. The van der Waals surface area contributed by atoms with Gasteiger partial charge < -0.3 is 10.4 Å². The first-order chi connectivity index (χ1) is 13.7. The molecular formula is C20H19N7O. The molecule has 5 heterocycles. The van der Waals surface area contributed by atoms with Crippen LogP contribution in [-0.4, -0.2) is 52.5 Å². The minimum Gasteiger partial charge on any atom is -0.857 e. The van der Waals surface area contributed by atoms with Gasteiger partial charge in [-0.1, -0.05) is 6.07 Å². The molecule has 1 saturated heterocycles. The monoisotopic (exact) mass is 373 g/mol. The van der Waals surface area contributed by atoms with Gasteiger partial charge in [-0.3, -0.25) is 25.2 Å². The standard InChI is InChI=1S/C20H19N7O/c1-11-17-13-7-12(4-5-14(13)24-19(28)18(17)23-11)15-8-22-20(25-15)27-9-26(10-27)16-3-2-6-21-16/h2-8,16,20,22,25H,9-10H2,1H3,(H,24,28). The van der Waals surface area contributed by atoms with Crippen LogP contribution < -0.4 is 15.7 Å². The highest BCUT2D eigenvalue weighted by Crippen LogP contribution is 2.40. The van der Waals surface area contributed by atoms with Gasteiger partial charge in [-0.15, -0.1) is 0 Å². The van der Waals surface area contributed by atoms with E-state index >= 15 is 0 Å². The Morgan fingerprint density at radius 3 is 2.93 bits per heavy atom. The molecule has 0 radical (unpaired) electrons. The van der Waals surface area contributed by atoms with E-state index in [1.54, 1.807) is 0 Å². The minimum absolute atomic E-state index is 0.185. The Morgan fingerprint density at radius 1 is 1.25 bits per heavy atom. The molecule has 4 aliphatic heterocycles. The first-order valence-corrected chi connectivity index (χ1v) is 9.38. The lowest BCUT2D eigenvalue weighted by Crippen LogP contribution is -2.91. The van der Waals surface area contributed by atoms with E-state index in [0.717, 1.165) is 46.8 Å². The molecule has 0 bridgehead atoms. The summed E-state index contributed by atoms with van der Waals surface area (Å²) in [4.78, 5) is 17.5. The van der Waals surface area contributed by atoms with E-state index in [4.69, 9.17) is 0 Å². The van der Waals surface area contributed by atoms with Gasteiger partial charge in [-0.05, 0) is 31.2 Å². The summed E-state index contributed by atoms with van der Waals surface area (Å²) >= 11 is 0. The molecule has 1 aromatic heterocycles. The molecule has 0 saturated carbocycles. The smallest absolute Gasteiger partial charge is 0.226 e. The second-order valence-electron chi connectivity index (χ2n) is 7.49. The highest BCUT2D eigenvalue weighted by Gasteiger charge is 2.38. The number of nitrogens with one attached hydrogen (secondary N) is 1. The number of benzene rings is 1. The van der Waals surface area contributed by atoms with Crippen LogP contribution in [-0.2, 0) is 0 Å². The number of hydrogen-bond donors (Lipinski definition) is 2. The van der Waals surface area contributed by atoms with Gasteiger partial charge >= 0.3 is 0 Å². The van der Waals surface area contributed by atoms with Crippen molar-refractivity contribution in [1.29, 1.82) is 0 Å². The van der Waals surface area contributed by atoms with Crippen molar-refractivity contribution < 1.29 is 10.4 Å². The number of nitrogens with zero attached hydrogens (tertiary/aromatic N) is 5. The molecule has 2 aromatic rings. The van der Waals surface area contributed by atoms with Crippen LogP contribution >= 0.6 is 0 Å². The second kappa shape index (κ2) is 5.71. The summed E-state index contributed by atoms with van der Waals surface area (Å²) in [7, 11) is 0.